The van der Waals surface area contributed by atoms with Gasteiger partial charge < -0.3 is 10.2 Å². The van der Waals surface area contributed by atoms with Crippen molar-refractivity contribution in [2.45, 2.75) is 33.2 Å². The third-order valence-corrected chi connectivity index (χ3v) is 5.26. The highest BCUT2D eigenvalue weighted by molar-refractivity contribution is 7.15. The Morgan fingerprint density at radius 1 is 1.48 bits per heavy atom. The highest BCUT2D eigenvalue weighted by Gasteiger charge is 2.25. The number of nitrogens with zero attached hydrogens (tertiary/aromatic N) is 2. The SMILES string of the molecule is CCNC(C)c1sc(N2CCc3ccc(F)cc32)nc1C. The number of rotatable bonds is 4. The molecule has 2 aromatic rings. The lowest BCUT2D eigenvalue weighted by molar-refractivity contribution is 0.603. The molecule has 0 bridgehead atoms. The monoisotopic (exact) mass is 305 g/mol. The van der Waals surface area contributed by atoms with Crippen LogP contribution in [-0.4, -0.2) is 18.1 Å². The highest BCUT2D eigenvalue weighted by Crippen LogP contribution is 2.39. The molecule has 1 unspecified atom stereocenters. The molecular weight excluding hydrogens is 285 g/mol. The molecule has 0 saturated heterocycles. The van der Waals surface area contributed by atoms with Gasteiger partial charge in [0.2, 0.25) is 0 Å². The van der Waals surface area contributed by atoms with Gasteiger partial charge in [-0.05, 0) is 44.5 Å². The summed E-state index contributed by atoms with van der Waals surface area (Å²) >= 11 is 1.70. The summed E-state index contributed by atoms with van der Waals surface area (Å²) in [7, 11) is 0. The van der Waals surface area contributed by atoms with Crippen molar-refractivity contribution in [3.63, 3.8) is 0 Å². The van der Waals surface area contributed by atoms with E-state index in [1.54, 1.807) is 17.4 Å². The molecule has 1 aliphatic rings. The summed E-state index contributed by atoms with van der Waals surface area (Å²) in [4.78, 5) is 8.10. The fourth-order valence-corrected chi connectivity index (χ4v) is 3.99. The van der Waals surface area contributed by atoms with E-state index in [4.69, 9.17) is 4.98 Å². The Labute approximate surface area is 128 Å². The largest absolute Gasteiger partial charge is 0.317 e. The number of aromatic nitrogens is 1. The van der Waals surface area contributed by atoms with E-state index in [0.717, 1.165) is 36.0 Å². The van der Waals surface area contributed by atoms with E-state index < -0.39 is 0 Å². The molecule has 3 rings (SSSR count). The molecule has 0 aliphatic carbocycles. The van der Waals surface area contributed by atoms with Crippen LogP contribution in [0.5, 0.6) is 0 Å². The average molecular weight is 305 g/mol. The van der Waals surface area contributed by atoms with Crippen molar-refractivity contribution < 1.29 is 4.39 Å². The van der Waals surface area contributed by atoms with Crippen molar-refractivity contribution in [2.75, 3.05) is 18.0 Å². The van der Waals surface area contributed by atoms with Crippen LogP contribution in [0.4, 0.5) is 15.2 Å². The maximum atomic E-state index is 13.5. The molecule has 3 nitrogen and oxygen atoms in total. The summed E-state index contributed by atoms with van der Waals surface area (Å²) in [5.41, 5.74) is 3.23. The van der Waals surface area contributed by atoms with Crippen LogP contribution in [0.2, 0.25) is 0 Å². The number of fused-ring (bicyclic) bond motifs is 1. The van der Waals surface area contributed by atoms with Crippen LogP contribution in [0.25, 0.3) is 0 Å². The summed E-state index contributed by atoms with van der Waals surface area (Å²) < 4.78 is 13.5. The summed E-state index contributed by atoms with van der Waals surface area (Å²) in [6, 6.07) is 5.34. The number of anilines is 2. The van der Waals surface area contributed by atoms with Crippen LogP contribution in [0, 0.1) is 12.7 Å². The summed E-state index contributed by atoms with van der Waals surface area (Å²) in [5, 5.41) is 4.40. The second-order valence-electron chi connectivity index (χ2n) is 5.40. The van der Waals surface area contributed by atoms with Crippen LogP contribution in [0.3, 0.4) is 0 Å². The minimum atomic E-state index is -0.185. The van der Waals surface area contributed by atoms with Crippen LogP contribution in [0.1, 0.15) is 36.0 Å². The number of nitrogens with one attached hydrogen (secondary N) is 1. The molecule has 0 fully saturated rings. The van der Waals surface area contributed by atoms with Crippen molar-refractivity contribution >= 4 is 22.2 Å². The van der Waals surface area contributed by atoms with E-state index in [1.165, 1.54) is 16.5 Å². The van der Waals surface area contributed by atoms with Gasteiger partial charge in [0.05, 0.1) is 5.69 Å². The van der Waals surface area contributed by atoms with Gasteiger partial charge in [-0.25, -0.2) is 9.37 Å². The first-order chi connectivity index (χ1) is 10.1. The lowest BCUT2D eigenvalue weighted by atomic mass is 10.2. The van der Waals surface area contributed by atoms with Crippen molar-refractivity contribution in [1.29, 1.82) is 0 Å². The van der Waals surface area contributed by atoms with Crippen molar-refractivity contribution in [3.8, 4) is 0 Å². The molecule has 1 atom stereocenters. The van der Waals surface area contributed by atoms with Crippen molar-refractivity contribution in [1.82, 2.24) is 10.3 Å². The van der Waals surface area contributed by atoms with Crippen molar-refractivity contribution in [2.24, 2.45) is 0 Å². The molecule has 0 amide bonds. The molecule has 1 aromatic heterocycles. The predicted octanol–water partition coefficient (Wildman–Crippen LogP) is 3.96. The molecule has 112 valence electrons. The highest BCUT2D eigenvalue weighted by atomic mass is 32.1. The first kappa shape index (κ1) is 14.5. The molecule has 1 aromatic carbocycles. The molecule has 0 saturated carbocycles. The minimum Gasteiger partial charge on any atom is -0.317 e. The van der Waals surface area contributed by atoms with Gasteiger partial charge in [-0.15, -0.1) is 0 Å². The number of hydrogen-bond acceptors (Lipinski definition) is 4. The number of halogens is 1. The second kappa shape index (κ2) is 5.73. The zero-order valence-electron chi connectivity index (χ0n) is 12.6. The lowest BCUT2D eigenvalue weighted by Gasteiger charge is -2.15. The average Bonchev–Trinajstić information content (AvgIpc) is 3.02. The van der Waals surface area contributed by atoms with Gasteiger partial charge >= 0.3 is 0 Å². The molecule has 1 aliphatic heterocycles. The number of thiazole rings is 1. The first-order valence-electron chi connectivity index (χ1n) is 7.36. The predicted molar refractivity (Wildman–Crippen MR) is 86.1 cm³/mol. The minimum absolute atomic E-state index is 0.185. The fraction of sp³-hybridized carbons (Fsp3) is 0.438. The van der Waals surface area contributed by atoms with Crippen LogP contribution in [0.15, 0.2) is 18.2 Å². The molecular formula is C16H20FN3S. The topological polar surface area (TPSA) is 28.2 Å². The smallest absolute Gasteiger partial charge is 0.190 e. The van der Waals surface area contributed by atoms with Gasteiger partial charge in [0.1, 0.15) is 5.82 Å². The molecule has 0 radical (unpaired) electrons. The van der Waals surface area contributed by atoms with E-state index in [-0.39, 0.29) is 5.82 Å². The van der Waals surface area contributed by atoms with E-state index >= 15 is 0 Å². The maximum absolute atomic E-state index is 13.5. The Morgan fingerprint density at radius 3 is 3.05 bits per heavy atom. The van der Waals surface area contributed by atoms with Gasteiger partial charge in [-0.2, -0.15) is 0 Å². The van der Waals surface area contributed by atoms with Gasteiger partial charge in [-0.1, -0.05) is 24.3 Å². The van der Waals surface area contributed by atoms with Gasteiger partial charge in [0.15, 0.2) is 5.13 Å². The Morgan fingerprint density at radius 2 is 2.29 bits per heavy atom. The van der Waals surface area contributed by atoms with Crippen LogP contribution in [-0.2, 0) is 6.42 Å². The number of aryl methyl sites for hydroxylation is 1. The molecule has 1 N–H and O–H groups in total. The third-order valence-electron chi connectivity index (χ3n) is 3.90. The van der Waals surface area contributed by atoms with E-state index in [1.807, 2.05) is 13.0 Å². The van der Waals surface area contributed by atoms with Gasteiger partial charge in [0, 0.05) is 23.2 Å². The Bertz CT molecular complexity index is 653. The first-order valence-corrected chi connectivity index (χ1v) is 8.18. The summed E-state index contributed by atoms with van der Waals surface area (Å²) in [6.07, 6.45) is 0.951. The fourth-order valence-electron chi connectivity index (χ4n) is 2.86. The van der Waals surface area contributed by atoms with E-state index in [2.05, 4.69) is 24.1 Å². The maximum Gasteiger partial charge on any atom is 0.190 e. The van der Waals surface area contributed by atoms with E-state index in [9.17, 15) is 4.39 Å². The quantitative estimate of drug-likeness (QED) is 0.927. The second-order valence-corrected chi connectivity index (χ2v) is 6.41. The number of hydrogen-bond donors (Lipinski definition) is 1. The lowest BCUT2D eigenvalue weighted by Crippen LogP contribution is -2.17. The van der Waals surface area contributed by atoms with Crippen molar-refractivity contribution in [3.05, 3.63) is 40.2 Å². The third kappa shape index (κ3) is 2.68. The normalized spacial score (nSPS) is 15.3. The Kier molecular flexibility index (Phi) is 3.95. The molecule has 0 spiro atoms. The zero-order chi connectivity index (χ0) is 15.0. The molecule has 5 heteroatoms. The van der Waals surface area contributed by atoms with Gasteiger partial charge in [-0.3, -0.25) is 0 Å². The summed E-state index contributed by atoms with van der Waals surface area (Å²) in [5.74, 6) is -0.185. The Hall–Kier alpha value is -1.46. The van der Waals surface area contributed by atoms with Crippen LogP contribution >= 0.6 is 11.3 Å². The molecule has 2 heterocycles. The Balaban J connectivity index is 1.93. The summed E-state index contributed by atoms with van der Waals surface area (Å²) in [6.45, 7) is 8.12. The number of benzene rings is 1. The molecule has 21 heavy (non-hydrogen) atoms. The zero-order valence-corrected chi connectivity index (χ0v) is 13.4. The van der Waals surface area contributed by atoms with Crippen LogP contribution < -0.4 is 10.2 Å². The standard InChI is InChI=1S/C16H20FN3S/c1-4-18-10(2)15-11(3)19-16(21-15)20-8-7-12-5-6-13(17)9-14(12)20/h5-6,9-10,18H,4,7-8H2,1-3H3. The van der Waals surface area contributed by atoms with Gasteiger partial charge in [0.25, 0.3) is 0 Å². The van der Waals surface area contributed by atoms with E-state index in [0.29, 0.717) is 6.04 Å².